The SMILES string of the molecule is O=C(O)O[C@H](COP(=O)(O)O)C(=O)[C@H](O)COP(=O)(O)O. The van der Waals surface area contributed by atoms with Gasteiger partial charge in [-0.25, -0.2) is 13.9 Å². The van der Waals surface area contributed by atoms with Crippen LogP contribution in [-0.4, -0.2) is 67.1 Å². The summed E-state index contributed by atoms with van der Waals surface area (Å²) in [7, 11) is -10.0. The van der Waals surface area contributed by atoms with Gasteiger partial charge in [-0.3, -0.25) is 13.8 Å². The molecule has 0 aromatic rings. The molecule has 124 valence electrons. The second-order valence-corrected chi connectivity index (χ2v) is 5.84. The predicted octanol–water partition coefficient (Wildman–Crippen LogP) is -1.80. The van der Waals surface area contributed by atoms with Gasteiger partial charge in [0, 0.05) is 0 Å². The molecule has 0 bridgehead atoms. The van der Waals surface area contributed by atoms with E-state index < -0.39 is 53.0 Å². The van der Waals surface area contributed by atoms with Crippen molar-refractivity contribution in [2.24, 2.45) is 0 Å². The summed E-state index contributed by atoms with van der Waals surface area (Å²) < 4.78 is 32.4. The largest absolute Gasteiger partial charge is 0.506 e. The first kappa shape index (κ1) is 20.1. The lowest BCUT2D eigenvalue weighted by molar-refractivity contribution is -0.140. The van der Waals surface area contributed by atoms with E-state index in [0.717, 1.165) is 0 Å². The zero-order valence-corrected chi connectivity index (χ0v) is 11.8. The second kappa shape index (κ2) is 7.94. The molecule has 0 spiro atoms. The number of aliphatic hydroxyl groups is 1. The van der Waals surface area contributed by atoms with Gasteiger partial charge in [0.25, 0.3) is 0 Å². The molecule has 0 rings (SSSR count). The van der Waals surface area contributed by atoms with Crippen LogP contribution in [0.4, 0.5) is 4.79 Å². The molecule has 0 fully saturated rings. The van der Waals surface area contributed by atoms with Gasteiger partial charge >= 0.3 is 21.8 Å². The molecule has 21 heavy (non-hydrogen) atoms. The number of hydrogen-bond donors (Lipinski definition) is 6. The zero-order valence-electron chi connectivity index (χ0n) is 10.0. The molecule has 0 amide bonds. The highest BCUT2D eigenvalue weighted by Gasteiger charge is 2.33. The van der Waals surface area contributed by atoms with Crippen LogP contribution in [0.5, 0.6) is 0 Å². The van der Waals surface area contributed by atoms with Gasteiger partial charge in [0.15, 0.2) is 6.10 Å². The first-order valence-electron chi connectivity index (χ1n) is 4.83. The van der Waals surface area contributed by atoms with Gasteiger partial charge in [-0.1, -0.05) is 0 Å². The number of aliphatic hydroxyl groups excluding tert-OH is 1. The van der Waals surface area contributed by atoms with Crippen LogP contribution in [0.25, 0.3) is 0 Å². The summed E-state index contributed by atoms with van der Waals surface area (Å²) in [4.78, 5) is 55.4. The first-order valence-corrected chi connectivity index (χ1v) is 7.89. The number of carboxylic acid groups (broad SMARTS) is 1. The fraction of sp³-hybridized carbons (Fsp3) is 0.667. The summed E-state index contributed by atoms with van der Waals surface area (Å²) in [6.07, 6.45) is -6.36. The monoisotopic (exact) mass is 354 g/mol. The minimum Gasteiger partial charge on any atom is -0.450 e. The molecule has 0 heterocycles. The van der Waals surface area contributed by atoms with E-state index in [9.17, 15) is 23.8 Å². The minimum atomic E-state index is -5.04. The third-order valence-electron chi connectivity index (χ3n) is 1.68. The molecule has 0 aromatic heterocycles. The smallest absolute Gasteiger partial charge is 0.450 e. The number of rotatable bonds is 9. The van der Waals surface area contributed by atoms with Crippen LogP contribution in [-0.2, 0) is 27.7 Å². The third kappa shape index (κ3) is 10.5. The van der Waals surface area contributed by atoms with E-state index in [2.05, 4.69) is 13.8 Å². The molecule has 15 heteroatoms. The lowest BCUT2D eigenvalue weighted by Crippen LogP contribution is -2.40. The number of ketones is 1. The van der Waals surface area contributed by atoms with Gasteiger partial charge in [-0.15, -0.1) is 0 Å². The van der Waals surface area contributed by atoms with Gasteiger partial charge in [0.05, 0.1) is 6.61 Å². The summed E-state index contributed by atoms with van der Waals surface area (Å²) in [5.74, 6) is -1.47. The molecule has 0 aliphatic rings. The molecule has 0 unspecified atom stereocenters. The Morgan fingerprint density at radius 3 is 1.76 bits per heavy atom. The van der Waals surface area contributed by atoms with Gasteiger partial charge in [0.1, 0.15) is 12.7 Å². The van der Waals surface area contributed by atoms with E-state index in [4.69, 9.17) is 24.7 Å². The number of phosphoric acid groups is 2. The second-order valence-electron chi connectivity index (χ2n) is 3.36. The van der Waals surface area contributed by atoms with E-state index in [1.54, 1.807) is 0 Å². The molecule has 0 aliphatic heterocycles. The molecule has 0 aliphatic carbocycles. The normalized spacial score (nSPS) is 15.3. The molecule has 13 nitrogen and oxygen atoms in total. The first-order chi connectivity index (χ1) is 9.32. The van der Waals surface area contributed by atoms with E-state index in [0.29, 0.717) is 0 Å². The maximum absolute atomic E-state index is 11.5. The zero-order chi connectivity index (χ0) is 16.8. The molecular weight excluding hydrogens is 342 g/mol. The Labute approximate surface area is 116 Å². The standard InChI is InChI=1S/C6H12O13P2/c7-3(1-17-20(11,12)13)5(8)4(19-6(9)10)2-18-21(14,15)16/h3-4,7H,1-2H2,(H,9,10)(H2,11,12,13)(H2,14,15,16)/t3-,4-/m1/s1. The van der Waals surface area contributed by atoms with E-state index in [1.807, 2.05) is 0 Å². The third-order valence-corrected chi connectivity index (χ3v) is 2.65. The number of ether oxygens (including phenoxy) is 1. The maximum atomic E-state index is 11.5. The number of carbonyl (C=O) groups is 2. The predicted molar refractivity (Wildman–Crippen MR) is 59.9 cm³/mol. The average Bonchev–Trinajstić information content (AvgIpc) is 2.28. The van der Waals surface area contributed by atoms with Gasteiger partial charge in [-0.2, -0.15) is 0 Å². The van der Waals surface area contributed by atoms with Crippen LogP contribution in [0.15, 0.2) is 0 Å². The summed E-state index contributed by atoms with van der Waals surface area (Å²) in [5.41, 5.74) is 0. The maximum Gasteiger partial charge on any atom is 0.506 e. The summed E-state index contributed by atoms with van der Waals surface area (Å²) >= 11 is 0. The van der Waals surface area contributed by atoms with Crippen molar-refractivity contribution >= 4 is 27.6 Å². The Hall–Kier alpha value is -0.880. The van der Waals surface area contributed by atoms with E-state index in [1.165, 1.54) is 0 Å². The number of carbonyl (C=O) groups excluding carboxylic acids is 1. The van der Waals surface area contributed by atoms with Crippen LogP contribution in [0, 0.1) is 0 Å². The van der Waals surface area contributed by atoms with Crippen molar-refractivity contribution in [3.8, 4) is 0 Å². The van der Waals surface area contributed by atoms with Gasteiger partial charge in [0.2, 0.25) is 5.78 Å². The average molecular weight is 354 g/mol. The van der Waals surface area contributed by atoms with Crippen molar-refractivity contribution < 1.29 is 62.3 Å². The van der Waals surface area contributed by atoms with Crippen molar-refractivity contribution in [1.82, 2.24) is 0 Å². The lowest BCUT2D eigenvalue weighted by Gasteiger charge is -2.18. The van der Waals surface area contributed by atoms with Crippen molar-refractivity contribution in [3.05, 3.63) is 0 Å². The molecule has 0 saturated heterocycles. The number of phosphoric ester groups is 2. The quantitative estimate of drug-likeness (QED) is 0.199. The molecule has 0 saturated carbocycles. The minimum absolute atomic E-state index is 1.20. The van der Waals surface area contributed by atoms with Crippen LogP contribution in [0.3, 0.4) is 0 Å². The Kier molecular flexibility index (Phi) is 7.61. The Morgan fingerprint density at radius 1 is 0.952 bits per heavy atom. The van der Waals surface area contributed by atoms with Crippen molar-refractivity contribution in [2.45, 2.75) is 12.2 Å². The van der Waals surface area contributed by atoms with Crippen LogP contribution < -0.4 is 0 Å². The molecular formula is C6H12O13P2. The van der Waals surface area contributed by atoms with Gasteiger partial charge in [-0.05, 0) is 0 Å². The molecule has 2 atom stereocenters. The molecule has 0 radical (unpaired) electrons. The Balaban J connectivity index is 4.73. The summed E-state index contributed by atoms with van der Waals surface area (Å²) in [6.45, 7) is -2.42. The van der Waals surface area contributed by atoms with Crippen molar-refractivity contribution in [1.29, 1.82) is 0 Å². The van der Waals surface area contributed by atoms with Crippen molar-refractivity contribution in [3.63, 3.8) is 0 Å². The lowest BCUT2D eigenvalue weighted by atomic mass is 10.1. The fourth-order valence-corrected chi connectivity index (χ4v) is 1.59. The molecule has 0 aromatic carbocycles. The summed E-state index contributed by atoms with van der Waals surface area (Å²) in [6, 6.07) is 0. The van der Waals surface area contributed by atoms with Gasteiger partial charge < -0.3 is 34.5 Å². The summed E-state index contributed by atoms with van der Waals surface area (Å²) in [5, 5.41) is 17.6. The fourth-order valence-electron chi connectivity index (χ4n) is 0.925. The van der Waals surface area contributed by atoms with Crippen LogP contribution in [0.1, 0.15) is 0 Å². The highest BCUT2D eigenvalue weighted by atomic mass is 31.2. The highest BCUT2D eigenvalue weighted by molar-refractivity contribution is 7.46. The van der Waals surface area contributed by atoms with E-state index >= 15 is 0 Å². The Bertz CT molecular complexity index is 461. The highest BCUT2D eigenvalue weighted by Crippen LogP contribution is 2.37. The van der Waals surface area contributed by atoms with Crippen molar-refractivity contribution in [2.75, 3.05) is 13.2 Å². The number of Topliss-reactive ketones (excluding diaryl/α,β-unsaturated/α-hetero) is 1. The van der Waals surface area contributed by atoms with Crippen LogP contribution >= 0.6 is 15.6 Å². The van der Waals surface area contributed by atoms with Crippen LogP contribution in [0.2, 0.25) is 0 Å². The Morgan fingerprint density at radius 2 is 1.38 bits per heavy atom. The molecule has 6 N–H and O–H groups in total. The topological polar surface area (TPSA) is 217 Å². The number of hydrogen-bond acceptors (Lipinski definition) is 8. The van der Waals surface area contributed by atoms with E-state index in [-0.39, 0.29) is 0 Å².